The molecule has 4 unspecified atom stereocenters. The van der Waals surface area contributed by atoms with E-state index in [4.69, 9.17) is 11.5 Å². The highest BCUT2D eigenvalue weighted by Gasteiger charge is 2.38. The van der Waals surface area contributed by atoms with Crippen LogP contribution in [-0.4, -0.2) is 35.3 Å². The first-order chi connectivity index (χ1) is 8.49. The van der Waals surface area contributed by atoms with Crippen molar-refractivity contribution >= 4 is 11.8 Å². The molecule has 2 amide bonds. The highest BCUT2D eigenvalue weighted by molar-refractivity contribution is 5.88. The molecule has 18 heavy (non-hydrogen) atoms. The van der Waals surface area contributed by atoms with Crippen LogP contribution in [0.5, 0.6) is 0 Å². The maximum absolute atomic E-state index is 12.5. The van der Waals surface area contributed by atoms with E-state index < -0.39 is 6.04 Å². The summed E-state index contributed by atoms with van der Waals surface area (Å²) in [5, 5.41) is 0. The predicted molar refractivity (Wildman–Crippen MR) is 68.4 cm³/mol. The van der Waals surface area contributed by atoms with Gasteiger partial charge in [-0.15, -0.1) is 0 Å². The van der Waals surface area contributed by atoms with Gasteiger partial charge in [-0.1, -0.05) is 6.92 Å². The minimum absolute atomic E-state index is 0.0244. The number of carbonyl (C=O) groups is 2. The Balaban J connectivity index is 2.04. The van der Waals surface area contributed by atoms with Crippen molar-refractivity contribution in [2.45, 2.75) is 51.1 Å². The van der Waals surface area contributed by atoms with Crippen molar-refractivity contribution in [1.82, 2.24) is 4.90 Å². The zero-order chi connectivity index (χ0) is 13.3. The van der Waals surface area contributed by atoms with E-state index in [0.29, 0.717) is 18.9 Å². The Morgan fingerprint density at radius 3 is 2.56 bits per heavy atom. The third-order valence-electron chi connectivity index (χ3n) is 4.19. The molecule has 4 atom stereocenters. The van der Waals surface area contributed by atoms with Crippen LogP contribution >= 0.6 is 0 Å². The monoisotopic (exact) mass is 253 g/mol. The summed E-state index contributed by atoms with van der Waals surface area (Å²) in [6.07, 6.45) is 4.19. The zero-order valence-electron chi connectivity index (χ0n) is 11.0. The third kappa shape index (κ3) is 2.66. The van der Waals surface area contributed by atoms with Crippen molar-refractivity contribution < 1.29 is 9.59 Å². The van der Waals surface area contributed by atoms with Crippen molar-refractivity contribution in [1.29, 1.82) is 0 Å². The van der Waals surface area contributed by atoms with Crippen LogP contribution in [0, 0.1) is 11.8 Å². The number of nitrogens with zero attached hydrogens (tertiary/aromatic N) is 1. The molecule has 1 saturated carbocycles. The summed E-state index contributed by atoms with van der Waals surface area (Å²) in [6.45, 7) is 2.79. The fourth-order valence-electron chi connectivity index (χ4n) is 3.42. The second-order valence-electron chi connectivity index (χ2n) is 5.86. The van der Waals surface area contributed by atoms with E-state index in [1.54, 1.807) is 4.90 Å². The van der Waals surface area contributed by atoms with Crippen LogP contribution in [0.25, 0.3) is 0 Å². The molecule has 2 aliphatic rings. The number of carbonyl (C=O) groups excluding carboxylic acids is 2. The first-order valence-corrected chi connectivity index (χ1v) is 6.84. The lowest BCUT2D eigenvalue weighted by atomic mass is 9.79. The lowest BCUT2D eigenvalue weighted by molar-refractivity contribution is -0.142. The van der Waals surface area contributed by atoms with Gasteiger partial charge in [0, 0.05) is 18.5 Å². The molecule has 0 bridgehead atoms. The Labute approximate surface area is 108 Å². The van der Waals surface area contributed by atoms with Crippen molar-refractivity contribution in [3.63, 3.8) is 0 Å². The van der Waals surface area contributed by atoms with Gasteiger partial charge in [0.25, 0.3) is 0 Å². The molecule has 0 aromatic heterocycles. The predicted octanol–water partition coefficient (Wildman–Crippen LogP) is 0.226. The summed E-state index contributed by atoms with van der Waals surface area (Å²) in [6, 6.07) is -0.289. The van der Waals surface area contributed by atoms with Gasteiger partial charge in [0.15, 0.2) is 0 Å². The molecule has 0 aromatic carbocycles. The van der Waals surface area contributed by atoms with Crippen LogP contribution in [0.1, 0.15) is 39.0 Å². The van der Waals surface area contributed by atoms with E-state index in [1.807, 2.05) is 0 Å². The van der Waals surface area contributed by atoms with Crippen molar-refractivity contribution in [2.75, 3.05) is 6.54 Å². The lowest BCUT2D eigenvalue weighted by Crippen LogP contribution is -2.48. The lowest BCUT2D eigenvalue weighted by Gasteiger charge is -2.34. The van der Waals surface area contributed by atoms with Gasteiger partial charge in [0.05, 0.1) is 0 Å². The van der Waals surface area contributed by atoms with Gasteiger partial charge in [-0.25, -0.2) is 0 Å². The summed E-state index contributed by atoms with van der Waals surface area (Å²) in [7, 11) is 0. The molecule has 1 saturated heterocycles. The van der Waals surface area contributed by atoms with E-state index in [2.05, 4.69) is 6.92 Å². The SMILES string of the molecule is CC1CC(N)CC(C(=O)N2CCCC2C(N)=O)C1. The number of nitrogens with two attached hydrogens (primary N) is 2. The highest BCUT2D eigenvalue weighted by Crippen LogP contribution is 2.31. The molecule has 1 aliphatic carbocycles. The van der Waals surface area contributed by atoms with Gasteiger partial charge in [0.2, 0.25) is 11.8 Å². The standard InChI is InChI=1S/C13H23N3O2/c1-8-5-9(7-10(14)6-8)13(18)16-4-2-3-11(16)12(15)17/h8-11H,2-7,14H2,1H3,(H2,15,17). The van der Waals surface area contributed by atoms with E-state index in [-0.39, 0.29) is 23.8 Å². The van der Waals surface area contributed by atoms with Gasteiger partial charge in [0.1, 0.15) is 6.04 Å². The fourth-order valence-corrected chi connectivity index (χ4v) is 3.42. The zero-order valence-corrected chi connectivity index (χ0v) is 11.0. The average Bonchev–Trinajstić information content (AvgIpc) is 2.75. The minimum Gasteiger partial charge on any atom is -0.368 e. The number of rotatable bonds is 2. The summed E-state index contributed by atoms with van der Waals surface area (Å²) < 4.78 is 0. The van der Waals surface area contributed by atoms with Crippen LogP contribution in [0.15, 0.2) is 0 Å². The maximum atomic E-state index is 12.5. The summed E-state index contributed by atoms with van der Waals surface area (Å²) >= 11 is 0. The van der Waals surface area contributed by atoms with Crippen LogP contribution in [0.3, 0.4) is 0 Å². The topological polar surface area (TPSA) is 89.4 Å². The Kier molecular flexibility index (Phi) is 3.90. The van der Waals surface area contributed by atoms with Crippen LogP contribution in [0.2, 0.25) is 0 Å². The molecular weight excluding hydrogens is 230 g/mol. The first-order valence-electron chi connectivity index (χ1n) is 6.84. The molecule has 1 heterocycles. The molecule has 4 N–H and O–H groups in total. The molecule has 0 radical (unpaired) electrons. The van der Waals surface area contributed by atoms with Crippen LogP contribution in [-0.2, 0) is 9.59 Å². The van der Waals surface area contributed by atoms with Gasteiger partial charge in [-0.3, -0.25) is 9.59 Å². The van der Waals surface area contributed by atoms with Crippen LogP contribution < -0.4 is 11.5 Å². The van der Waals surface area contributed by atoms with E-state index in [0.717, 1.165) is 25.7 Å². The molecule has 102 valence electrons. The van der Waals surface area contributed by atoms with Gasteiger partial charge in [-0.05, 0) is 38.0 Å². The second kappa shape index (κ2) is 5.26. The molecule has 2 fully saturated rings. The van der Waals surface area contributed by atoms with Crippen LogP contribution in [0.4, 0.5) is 0 Å². The first kappa shape index (κ1) is 13.3. The minimum atomic E-state index is -0.397. The highest BCUT2D eigenvalue weighted by atomic mass is 16.2. The largest absolute Gasteiger partial charge is 0.368 e. The normalized spacial score (nSPS) is 36.7. The molecule has 1 aliphatic heterocycles. The Bertz CT molecular complexity index is 335. The number of hydrogen-bond acceptors (Lipinski definition) is 3. The number of hydrogen-bond donors (Lipinski definition) is 2. The molecule has 0 spiro atoms. The molecule has 5 heteroatoms. The van der Waals surface area contributed by atoms with Crippen molar-refractivity contribution in [2.24, 2.45) is 23.3 Å². The molecular formula is C13H23N3O2. The van der Waals surface area contributed by atoms with Gasteiger partial charge >= 0.3 is 0 Å². The van der Waals surface area contributed by atoms with Crippen molar-refractivity contribution in [3.8, 4) is 0 Å². The van der Waals surface area contributed by atoms with Gasteiger partial charge < -0.3 is 16.4 Å². The third-order valence-corrected chi connectivity index (χ3v) is 4.19. The van der Waals surface area contributed by atoms with E-state index in [9.17, 15) is 9.59 Å². The van der Waals surface area contributed by atoms with E-state index >= 15 is 0 Å². The average molecular weight is 253 g/mol. The molecule has 5 nitrogen and oxygen atoms in total. The van der Waals surface area contributed by atoms with Crippen molar-refractivity contribution in [3.05, 3.63) is 0 Å². The number of likely N-dealkylation sites (tertiary alicyclic amines) is 1. The fraction of sp³-hybridized carbons (Fsp3) is 0.846. The second-order valence-corrected chi connectivity index (χ2v) is 5.86. The smallest absolute Gasteiger partial charge is 0.240 e. The number of primary amides is 1. The molecule has 0 aromatic rings. The van der Waals surface area contributed by atoms with E-state index in [1.165, 1.54) is 0 Å². The van der Waals surface area contributed by atoms with Gasteiger partial charge in [-0.2, -0.15) is 0 Å². The summed E-state index contributed by atoms with van der Waals surface area (Å²) in [5.41, 5.74) is 11.3. The quantitative estimate of drug-likeness (QED) is 0.738. The Morgan fingerprint density at radius 1 is 1.22 bits per heavy atom. The maximum Gasteiger partial charge on any atom is 0.240 e. The number of amides is 2. The molecule has 2 rings (SSSR count). The Hall–Kier alpha value is -1.10. The summed E-state index contributed by atoms with van der Waals surface area (Å²) in [5.74, 6) is 0.160. The summed E-state index contributed by atoms with van der Waals surface area (Å²) in [4.78, 5) is 25.5. The Morgan fingerprint density at radius 2 is 1.94 bits per heavy atom.